The van der Waals surface area contributed by atoms with Gasteiger partial charge in [-0.25, -0.2) is 0 Å². The average molecular weight is 295 g/mol. The Balaban J connectivity index is 1.94. The van der Waals surface area contributed by atoms with Crippen molar-refractivity contribution in [1.82, 2.24) is 4.90 Å². The van der Waals surface area contributed by atoms with Crippen LogP contribution in [0.2, 0.25) is 0 Å². The quantitative estimate of drug-likeness (QED) is 0.688. The highest BCUT2D eigenvalue weighted by molar-refractivity contribution is 5.76. The molecule has 1 aromatic heterocycles. The molecule has 3 nitrogen and oxygen atoms in total. The molecule has 0 radical (unpaired) electrons. The molecule has 22 heavy (non-hydrogen) atoms. The minimum absolute atomic E-state index is 0.0810. The first-order valence-corrected chi connectivity index (χ1v) is 7.38. The summed E-state index contributed by atoms with van der Waals surface area (Å²) in [7, 11) is 0. The normalized spacial score (nSPS) is 10.2. The van der Waals surface area contributed by atoms with E-state index in [9.17, 15) is 4.79 Å². The van der Waals surface area contributed by atoms with Crippen LogP contribution in [0.1, 0.15) is 12.2 Å². The van der Waals surface area contributed by atoms with Crippen molar-refractivity contribution >= 4 is 5.91 Å². The van der Waals surface area contributed by atoms with E-state index in [1.807, 2.05) is 42.5 Å². The van der Waals surface area contributed by atoms with Crippen LogP contribution in [0.15, 0.2) is 72.2 Å². The summed E-state index contributed by atoms with van der Waals surface area (Å²) in [6.07, 6.45) is 4.46. The summed E-state index contributed by atoms with van der Waals surface area (Å²) in [5.41, 5.74) is 1.04. The largest absolute Gasteiger partial charge is 0.461 e. The van der Waals surface area contributed by atoms with Crippen molar-refractivity contribution in [3.05, 3.63) is 73.5 Å². The Morgan fingerprint density at radius 2 is 1.73 bits per heavy atom. The number of carbonyl (C=O) groups is 1. The molecule has 0 aliphatic rings. The van der Waals surface area contributed by atoms with E-state index in [1.165, 1.54) is 0 Å². The first kappa shape index (κ1) is 15.8. The van der Waals surface area contributed by atoms with Crippen molar-refractivity contribution in [1.29, 1.82) is 0 Å². The van der Waals surface area contributed by atoms with Crippen molar-refractivity contribution < 1.29 is 9.21 Å². The molecular formula is C19H21NO2. The lowest BCUT2D eigenvalue weighted by atomic mass is 10.2. The van der Waals surface area contributed by atoms with E-state index in [1.54, 1.807) is 17.1 Å². The summed E-state index contributed by atoms with van der Waals surface area (Å²) in [6, 6.07) is 13.8. The molecular weight excluding hydrogens is 274 g/mol. The third kappa shape index (κ3) is 4.22. The van der Waals surface area contributed by atoms with Crippen LogP contribution in [0.4, 0.5) is 0 Å². The van der Waals surface area contributed by atoms with Gasteiger partial charge >= 0.3 is 0 Å². The standard InChI is InChI=1S/C19H21NO2/c1-3-14-20(15-4-2)19(21)13-11-17-10-12-18(22-17)16-8-6-5-7-9-16/h3-10,12H,1-2,11,13-15H2. The smallest absolute Gasteiger partial charge is 0.223 e. The van der Waals surface area contributed by atoms with E-state index < -0.39 is 0 Å². The summed E-state index contributed by atoms with van der Waals surface area (Å²) < 4.78 is 5.81. The lowest BCUT2D eigenvalue weighted by Crippen LogP contribution is -2.31. The number of nitrogens with zero attached hydrogens (tertiary/aromatic N) is 1. The second-order valence-corrected chi connectivity index (χ2v) is 5.01. The van der Waals surface area contributed by atoms with Gasteiger partial charge in [-0.1, -0.05) is 42.5 Å². The number of benzene rings is 1. The molecule has 1 heterocycles. The Hall–Kier alpha value is -2.55. The van der Waals surface area contributed by atoms with E-state index in [4.69, 9.17) is 4.42 Å². The van der Waals surface area contributed by atoms with Crippen LogP contribution in [0.25, 0.3) is 11.3 Å². The zero-order valence-electron chi connectivity index (χ0n) is 12.7. The first-order chi connectivity index (χ1) is 10.7. The van der Waals surface area contributed by atoms with Gasteiger partial charge in [0.15, 0.2) is 0 Å². The number of hydrogen-bond donors (Lipinski definition) is 0. The molecule has 0 fully saturated rings. The van der Waals surface area contributed by atoms with Crippen LogP contribution in [0.5, 0.6) is 0 Å². The summed E-state index contributed by atoms with van der Waals surface area (Å²) in [5.74, 6) is 1.74. The predicted molar refractivity (Wildman–Crippen MR) is 89.4 cm³/mol. The minimum Gasteiger partial charge on any atom is -0.461 e. The summed E-state index contributed by atoms with van der Waals surface area (Å²) >= 11 is 0. The number of carbonyl (C=O) groups excluding carboxylic acids is 1. The van der Waals surface area contributed by atoms with Crippen LogP contribution in [0.3, 0.4) is 0 Å². The zero-order valence-corrected chi connectivity index (χ0v) is 12.7. The minimum atomic E-state index is 0.0810. The van der Waals surface area contributed by atoms with Crippen molar-refractivity contribution in [2.75, 3.05) is 13.1 Å². The molecule has 0 unspecified atom stereocenters. The molecule has 0 bridgehead atoms. The van der Waals surface area contributed by atoms with E-state index >= 15 is 0 Å². The van der Waals surface area contributed by atoms with Gasteiger partial charge in [-0.3, -0.25) is 4.79 Å². The van der Waals surface area contributed by atoms with Gasteiger partial charge < -0.3 is 9.32 Å². The van der Waals surface area contributed by atoms with Crippen molar-refractivity contribution in [3.8, 4) is 11.3 Å². The Bertz CT molecular complexity index is 618. The van der Waals surface area contributed by atoms with Crippen LogP contribution in [0, 0.1) is 0 Å². The number of furan rings is 1. The van der Waals surface area contributed by atoms with Gasteiger partial charge in [0.25, 0.3) is 0 Å². The number of rotatable bonds is 8. The molecule has 3 heteroatoms. The van der Waals surface area contributed by atoms with Crippen LogP contribution in [-0.2, 0) is 11.2 Å². The lowest BCUT2D eigenvalue weighted by molar-refractivity contribution is -0.130. The van der Waals surface area contributed by atoms with Gasteiger partial charge in [0.1, 0.15) is 11.5 Å². The topological polar surface area (TPSA) is 33.5 Å². The second-order valence-electron chi connectivity index (χ2n) is 5.01. The molecule has 114 valence electrons. The molecule has 0 atom stereocenters. The van der Waals surface area contributed by atoms with E-state index in [0.717, 1.165) is 17.1 Å². The van der Waals surface area contributed by atoms with Gasteiger partial charge in [0.2, 0.25) is 5.91 Å². The monoisotopic (exact) mass is 295 g/mol. The fourth-order valence-corrected chi connectivity index (χ4v) is 2.25. The van der Waals surface area contributed by atoms with Gasteiger partial charge in [-0.2, -0.15) is 0 Å². The zero-order chi connectivity index (χ0) is 15.8. The summed E-state index contributed by atoms with van der Waals surface area (Å²) in [4.78, 5) is 13.9. The third-order valence-electron chi connectivity index (χ3n) is 3.36. The fraction of sp³-hybridized carbons (Fsp3) is 0.211. The molecule has 1 aromatic carbocycles. The van der Waals surface area contributed by atoms with Gasteiger partial charge in [0, 0.05) is 31.5 Å². The number of aryl methyl sites for hydroxylation is 1. The molecule has 0 saturated carbocycles. The maximum atomic E-state index is 12.2. The van der Waals surface area contributed by atoms with Crippen LogP contribution in [-0.4, -0.2) is 23.9 Å². The molecule has 2 rings (SSSR count). The molecule has 1 amide bonds. The number of hydrogen-bond acceptors (Lipinski definition) is 2. The van der Waals surface area contributed by atoms with Crippen molar-refractivity contribution in [2.45, 2.75) is 12.8 Å². The van der Waals surface area contributed by atoms with Gasteiger partial charge in [0.05, 0.1) is 0 Å². The van der Waals surface area contributed by atoms with Gasteiger partial charge in [-0.05, 0) is 12.1 Å². The Morgan fingerprint density at radius 3 is 2.36 bits per heavy atom. The summed E-state index contributed by atoms with van der Waals surface area (Å²) in [6.45, 7) is 8.43. The predicted octanol–water partition coefficient (Wildman–Crippen LogP) is 4.08. The molecule has 0 spiro atoms. The Morgan fingerprint density at radius 1 is 1.05 bits per heavy atom. The van der Waals surface area contributed by atoms with E-state index in [-0.39, 0.29) is 5.91 Å². The highest BCUT2D eigenvalue weighted by Gasteiger charge is 2.12. The Labute approximate surface area is 131 Å². The van der Waals surface area contributed by atoms with Crippen LogP contribution < -0.4 is 0 Å². The van der Waals surface area contributed by atoms with Gasteiger partial charge in [-0.15, -0.1) is 13.2 Å². The molecule has 0 saturated heterocycles. The Kier molecular flexibility index (Phi) is 5.78. The van der Waals surface area contributed by atoms with E-state index in [2.05, 4.69) is 13.2 Å². The maximum absolute atomic E-state index is 12.2. The third-order valence-corrected chi connectivity index (χ3v) is 3.36. The molecule has 0 aliphatic heterocycles. The second kappa shape index (κ2) is 8.03. The molecule has 2 aromatic rings. The van der Waals surface area contributed by atoms with E-state index in [0.29, 0.717) is 25.9 Å². The first-order valence-electron chi connectivity index (χ1n) is 7.38. The highest BCUT2D eigenvalue weighted by atomic mass is 16.3. The van der Waals surface area contributed by atoms with Crippen molar-refractivity contribution in [3.63, 3.8) is 0 Å². The average Bonchev–Trinajstić information content (AvgIpc) is 3.02. The summed E-state index contributed by atoms with van der Waals surface area (Å²) in [5, 5.41) is 0. The molecule has 0 aliphatic carbocycles. The lowest BCUT2D eigenvalue weighted by Gasteiger charge is -2.18. The fourth-order valence-electron chi connectivity index (χ4n) is 2.25. The van der Waals surface area contributed by atoms with Crippen LogP contribution >= 0.6 is 0 Å². The van der Waals surface area contributed by atoms with Crippen molar-refractivity contribution in [2.24, 2.45) is 0 Å². The SMILES string of the molecule is C=CCN(CC=C)C(=O)CCc1ccc(-c2ccccc2)o1. The highest BCUT2D eigenvalue weighted by Crippen LogP contribution is 2.22. The molecule has 0 N–H and O–H groups in total. The number of amides is 1. The maximum Gasteiger partial charge on any atom is 0.223 e.